The van der Waals surface area contributed by atoms with Gasteiger partial charge in [-0.15, -0.1) is 0 Å². The van der Waals surface area contributed by atoms with Gasteiger partial charge in [0, 0.05) is 5.56 Å². The van der Waals surface area contributed by atoms with Crippen molar-refractivity contribution in [2.24, 2.45) is 0 Å². The minimum absolute atomic E-state index is 0.0714. The maximum Gasteiger partial charge on any atom is 0.251 e. The first-order chi connectivity index (χ1) is 8.11. The highest BCUT2D eigenvalue weighted by Gasteiger charge is 2.22. The number of ether oxygens (including phenoxy) is 2. The fourth-order valence-corrected chi connectivity index (χ4v) is 2.12. The molecule has 1 amide bonds. The van der Waals surface area contributed by atoms with Crippen LogP contribution in [0.15, 0.2) is 12.1 Å². The zero-order valence-electron chi connectivity index (χ0n) is 9.13. The molecule has 92 valence electrons. The van der Waals surface area contributed by atoms with Crippen LogP contribution in [0.25, 0.3) is 0 Å². The van der Waals surface area contributed by atoms with E-state index in [1.807, 2.05) is 0 Å². The van der Waals surface area contributed by atoms with Crippen LogP contribution < -0.4 is 10.1 Å². The van der Waals surface area contributed by atoms with E-state index < -0.39 is 0 Å². The van der Waals surface area contributed by atoms with Crippen molar-refractivity contribution in [1.29, 1.82) is 0 Å². The smallest absolute Gasteiger partial charge is 0.251 e. The zero-order valence-corrected chi connectivity index (χ0v) is 10.6. The Morgan fingerprint density at radius 2 is 2.00 bits per heavy atom. The van der Waals surface area contributed by atoms with Crippen LogP contribution in [0.1, 0.15) is 10.4 Å². The molecule has 0 aromatic heterocycles. The standard InChI is InChI=1S/C11H11Cl2NO3/c1-16-10-8(12)2-6(3-9(10)13)11(15)14-7-4-17-5-7/h2-3,7H,4-5H2,1H3,(H,14,15). The quantitative estimate of drug-likeness (QED) is 0.920. The Morgan fingerprint density at radius 1 is 1.41 bits per heavy atom. The van der Waals surface area contributed by atoms with Gasteiger partial charge in [-0.3, -0.25) is 4.79 Å². The summed E-state index contributed by atoms with van der Waals surface area (Å²) in [6.45, 7) is 1.09. The molecule has 2 rings (SSSR count). The van der Waals surface area contributed by atoms with Crippen molar-refractivity contribution in [3.63, 3.8) is 0 Å². The van der Waals surface area contributed by atoms with E-state index in [-0.39, 0.29) is 11.9 Å². The summed E-state index contributed by atoms with van der Waals surface area (Å²) in [5.74, 6) is 0.154. The normalized spacial score (nSPS) is 15.2. The highest BCUT2D eigenvalue weighted by atomic mass is 35.5. The average Bonchev–Trinajstić information content (AvgIpc) is 2.22. The summed E-state index contributed by atoms with van der Waals surface area (Å²) in [4.78, 5) is 11.8. The lowest BCUT2D eigenvalue weighted by molar-refractivity contribution is -0.00346. The van der Waals surface area contributed by atoms with Crippen LogP contribution in [0.4, 0.5) is 0 Å². The summed E-state index contributed by atoms with van der Waals surface area (Å²) in [5, 5.41) is 3.43. The van der Waals surface area contributed by atoms with Gasteiger partial charge in [0.25, 0.3) is 5.91 Å². The van der Waals surface area contributed by atoms with Crippen molar-refractivity contribution in [3.8, 4) is 5.75 Å². The SMILES string of the molecule is COc1c(Cl)cc(C(=O)NC2COC2)cc1Cl. The van der Waals surface area contributed by atoms with Crippen molar-refractivity contribution in [2.75, 3.05) is 20.3 Å². The lowest BCUT2D eigenvalue weighted by atomic mass is 10.1. The molecular weight excluding hydrogens is 265 g/mol. The number of carbonyl (C=O) groups excluding carboxylic acids is 1. The summed E-state index contributed by atoms with van der Waals surface area (Å²) in [5.41, 5.74) is 0.410. The second kappa shape index (κ2) is 5.12. The fraction of sp³-hybridized carbons (Fsp3) is 0.364. The van der Waals surface area contributed by atoms with Gasteiger partial charge in [-0.1, -0.05) is 23.2 Å². The lowest BCUT2D eigenvalue weighted by Gasteiger charge is -2.26. The first-order valence-electron chi connectivity index (χ1n) is 5.03. The third kappa shape index (κ3) is 2.65. The van der Waals surface area contributed by atoms with E-state index >= 15 is 0 Å². The number of methoxy groups -OCH3 is 1. The zero-order chi connectivity index (χ0) is 12.4. The third-order valence-electron chi connectivity index (χ3n) is 2.44. The van der Waals surface area contributed by atoms with E-state index in [1.54, 1.807) is 0 Å². The first kappa shape index (κ1) is 12.5. The predicted molar refractivity (Wildman–Crippen MR) is 65.1 cm³/mol. The molecular formula is C11H11Cl2NO3. The molecule has 0 atom stereocenters. The van der Waals surface area contributed by atoms with E-state index in [1.165, 1.54) is 19.2 Å². The first-order valence-corrected chi connectivity index (χ1v) is 5.79. The molecule has 0 unspecified atom stereocenters. The van der Waals surface area contributed by atoms with Crippen molar-refractivity contribution < 1.29 is 14.3 Å². The van der Waals surface area contributed by atoms with Gasteiger partial charge in [-0.2, -0.15) is 0 Å². The molecule has 1 aromatic carbocycles. The van der Waals surface area contributed by atoms with E-state index in [2.05, 4.69) is 5.32 Å². The molecule has 1 heterocycles. The molecule has 1 N–H and O–H groups in total. The molecule has 1 aromatic rings. The maximum absolute atomic E-state index is 11.8. The van der Waals surface area contributed by atoms with Crippen LogP contribution in [0, 0.1) is 0 Å². The van der Waals surface area contributed by atoms with Crippen molar-refractivity contribution >= 4 is 29.1 Å². The van der Waals surface area contributed by atoms with E-state index in [4.69, 9.17) is 32.7 Å². The number of carbonyl (C=O) groups is 1. The van der Waals surface area contributed by atoms with E-state index in [9.17, 15) is 4.79 Å². The topological polar surface area (TPSA) is 47.6 Å². The molecule has 0 spiro atoms. The molecule has 6 heteroatoms. The maximum atomic E-state index is 11.8. The van der Waals surface area contributed by atoms with Gasteiger partial charge in [0.1, 0.15) is 0 Å². The van der Waals surface area contributed by atoms with Gasteiger partial charge >= 0.3 is 0 Å². The number of hydrogen-bond donors (Lipinski definition) is 1. The van der Waals surface area contributed by atoms with Gasteiger partial charge in [-0.25, -0.2) is 0 Å². The van der Waals surface area contributed by atoms with Crippen molar-refractivity contribution in [1.82, 2.24) is 5.32 Å². The Labute approximate surface area is 109 Å². The Bertz CT molecular complexity index is 423. The Kier molecular flexibility index (Phi) is 3.76. The van der Waals surface area contributed by atoms with Gasteiger partial charge in [0.15, 0.2) is 5.75 Å². The number of amides is 1. The molecule has 0 saturated carbocycles. The van der Waals surface area contributed by atoms with Gasteiger partial charge in [-0.05, 0) is 12.1 Å². The summed E-state index contributed by atoms with van der Waals surface area (Å²) >= 11 is 11.9. The second-order valence-electron chi connectivity index (χ2n) is 3.68. The van der Waals surface area contributed by atoms with Crippen LogP contribution >= 0.6 is 23.2 Å². The van der Waals surface area contributed by atoms with Crippen molar-refractivity contribution in [2.45, 2.75) is 6.04 Å². The minimum Gasteiger partial charge on any atom is -0.494 e. The molecule has 0 bridgehead atoms. The van der Waals surface area contributed by atoms with Crippen LogP contribution in [0.2, 0.25) is 10.0 Å². The summed E-state index contributed by atoms with van der Waals surface area (Å²) in [6, 6.07) is 3.13. The molecule has 4 nitrogen and oxygen atoms in total. The van der Waals surface area contributed by atoms with E-state index in [0.717, 1.165) is 0 Å². The number of halogens is 2. The highest BCUT2D eigenvalue weighted by Crippen LogP contribution is 2.33. The second-order valence-corrected chi connectivity index (χ2v) is 4.50. The van der Waals surface area contributed by atoms with Crippen LogP contribution in [0.3, 0.4) is 0 Å². The van der Waals surface area contributed by atoms with Crippen LogP contribution in [0.5, 0.6) is 5.75 Å². The van der Waals surface area contributed by atoms with Crippen LogP contribution in [-0.4, -0.2) is 32.3 Å². The number of rotatable bonds is 3. The molecule has 0 radical (unpaired) electrons. The fourth-order valence-electron chi connectivity index (χ4n) is 1.47. The summed E-state index contributed by atoms with van der Waals surface area (Å²) in [6.07, 6.45) is 0. The molecule has 17 heavy (non-hydrogen) atoms. The van der Waals surface area contributed by atoms with Crippen LogP contribution in [-0.2, 0) is 4.74 Å². The monoisotopic (exact) mass is 275 g/mol. The summed E-state index contributed by atoms with van der Waals surface area (Å²) < 4.78 is 9.98. The largest absolute Gasteiger partial charge is 0.494 e. The molecule has 1 fully saturated rings. The highest BCUT2D eigenvalue weighted by molar-refractivity contribution is 6.37. The minimum atomic E-state index is -0.218. The molecule has 1 aliphatic rings. The number of nitrogens with one attached hydrogen (secondary N) is 1. The lowest BCUT2D eigenvalue weighted by Crippen LogP contribution is -2.48. The van der Waals surface area contributed by atoms with E-state index in [0.29, 0.717) is 34.6 Å². The molecule has 1 saturated heterocycles. The number of benzene rings is 1. The van der Waals surface area contributed by atoms with Gasteiger partial charge < -0.3 is 14.8 Å². The average molecular weight is 276 g/mol. The Hall–Kier alpha value is -0.970. The van der Waals surface area contributed by atoms with Gasteiger partial charge in [0.05, 0.1) is 36.4 Å². The number of hydrogen-bond acceptors (Lipinski definition) is 3. The third-order valence-corrected chi connectivity index (χ3v) is 3.00. The predicted octanol–water partition coefficient (Wildman–Crippen LogP) is 2.13. The summed E-state index contributed by atoms with van der Waals surface area (Å²) in [7, 11) is 1.47. The van der Waals surface area contributed by atoms with Crippen molar-refractivity contribution in [3.05, 3.63) is 27.7 Å². The molecule has 1 aliphatic heterocycles. The van der Waals surface area contributed by atoms with Gasteiger partial charge in [0.2, 0.25) is 0 Å². The molecule has 0 aliphatic carbocycles. The Morgan fingerprint density at radius 3 is 2.41 bits per heavy atom. The Balaban J connectivity index is 2.17.